The predicted octanol–water partition coefficient (Wildman–Crippen LogP) is 2.50. The lowest BCUT2D eigenvalue weighted by atomic mass is 10.1. The van der Waals surface area contributed by atoms with Crippen LogP contribution in [0.15, 0.2) is 18.3 Å². The maximum absolute atomic E-state index is 12.0. The minimum absolute atomic E-state index is 0.00855. The summed E-state index contributed by atoms with van der Waals surface area (Å²) in [4.78, 5) is 13.8. The molecular formula is C13H16N4O. The number of likely N-dealkylation sites (tertiary alicyclic amines) is 1. The third-order valence-electron chi connectivity index (χ3n) is 3.41. The van der Waals surface area contributed by atoms with Crippen molar-refractivity contribution in [1.29, 1.82) is 0 Å². The highest BCUT2D eigenvalue weighted by Crippen LogP contribution is 2.22. The molecule has 0 radical (unpaired) electrons. The van der Waals surface area contributed by atoms with Gasteiger partial charge in [0.15, 0.2) is 0 Å². The van der Waals surface area contributed by atoms with E-state index in [1.54, 1.807) is 6.20 Å². The van der Waals surface area contributed by atoms with Crippen molar-refractivity contribution < 1.29 is 4.79 Å². The summed E-state index contributed by atoms with van der Waals surface area (Å²) in [6.07, 6.45) is 4.01. The summed E-state index contributed by atoms with van der Waals surface area (Å²) in [7, 11) is 0. The van der Waals surface area contributed by atoms with Crippen molar-refractivity contribution in [2.45, 2.75) is 19.8 Å². The molecule has 0 aliphatic carbocycles. The molecule has 1 saturated heterocycles. The van der Waals surface area contributed by atoms with Crippen molar-refractivity contribution >= 4 is 22.6 Å². The second kappa shape index (κ2) is 4.33. The van der Waals surface area contributed by atoms with Gasteiger partial charge in [-0.2, -0.15) is 5.10 Å². The Hall–Kier alpha value is -2.04. The van der Waals surface area contributed by atoms with Gasteiger partial charge in [0.25, 0.3) is 0 Å². The third-order valence-corrected chi connectivity index (χ3v) is 3.41. The molecule has 0 bridgehead atoms. The molecule has 1 aliphatic rings. The second-order valence-electron chi connectivity index (χ2n) is 4.75. The number of hydrogen-bond donors (Lipinski definition) is 2. The number of aromatic nitrogens is 2. The van der Waals surface area contributed by atoms with E-state index < -0.39 is 0 Å². The summed E-state index contributed by atoms with van der Waals surface area (Å²) in [5, 5.41) is 11.0. The largest absolute Gasteiger partial charge is 0.325 e. The number of benzene rings is 1. The summed E-state index contributed by atoms with van der Waals surface area (Å²) in [5.74, 6) is 0. The summed E-state index contributed by atoms with van der Waals surface area (Å²) < 4.78 is 0. The molecule has 94 valence electrons. The smallest absolute Gasteiger partial charge is 0.321 e. The topological polar surface area (TPSA) is 61.0 Å². The fourth-order valence-electron chi connectivity index (χ4n) is 2.42. The zero-order valence-electron chi connectivity index (χ0n) is 10.4. The number of aryl methyl sites for hydroxylation is 1. The Morgan fingerprint density at radius 2 is 2.17 bits per heavy atom. The first kappa shape index (κ1) is 11.1. The Balaban J connectivity index is 1.83. The number of anilines is 1. The van der Waals surface area contributed by atoms with Crippen LogP contribution in [0.4, 0.5) is 10.5 Å². The van der Waals surface area contributed by atoms with E-state index in [-0.39, 0.29) is 6.03 Å². The molecule has 1 aromatic heterocycles. The standard InChI is InChI=1S/C13H16N4O/c1-9-6-10(7-12-11(9)8-14-16-12)15-13(18)17-4-2-3-5-17/h6-8H,2-5H2,1H3,(H,14,16)(H,15,18). The van der Waals surface area contributed by atoms with Crippen molar-refractivity contribution in [2.75, 3.05) is 18.4 Å². The van der Waals surface area contributed by atoms with Gasteiger partial charge in [-0.1, -0.05) is 0 Å². The molecule has 0 spiro atoms. The lowest BCUT2D eigenvalue weighted by Gasteiger charge is -2.16. The number of hydrogen-bond acceptors (Lipinski definition) is 2. The fourth-order valence-corrected chi connectivity index (χ4v) is 2.42. The number of fused-ring (bicyclic) bond motifs is 1. The minimum atomic E-state index is -0.00855. The Labute approximate surface area is 105 Å². The number of nitrogens with one attached hydrogen (secondary N) is 2. The van der Waals surface area contributed by atoms with Gasteiger partial charge in [0.1, 0.15) is 0 Å². The molecule has 2 aromatic rings. The number of urea groups is 1. The molecule has 1 aromatic carbocycles. The van der Waals surface area contributed by atoms with E-state index in [1.807, 2.05) is 24.0 Å². The van der Waals surface area contributed by atoms with Crippen LogP contribution in [0.25, 0.3) is 10.9 Å². The molecule has 3 rings (SSSR count). The molecule has 2 heterocycles. The van der Waals surface area contributed by atoms with Crippen LogP contribution in [0.3, 0.4) is 0 Å². The Bertz CT molecular complexity index is 584. The maximum Gasteiger partial charge on any atom is 0.321 e. The molecule has 1 aliphatic heterocycles. The molecule has 0 atom stereocenters. The van der Waals surface area contributed by atoms with E-state index in [1.165, 1.54) is 0 Å². The molecule has 5 heteroatoms. The fraction of sp³-hybridized carbons (Fsp3) is 0.385. The van der Waals surface area contributed by atoms with Crippen molar-refractivity contribution in [3.63, 3.8) is 0 Å². The molecule has 18 heavy (non-hydrogen) atoms. The summed E-state index contributed by atoms with van der Waals surface area (Å²) in [6, 6.07) is 3.89. The monoisotopic (exact) mass is 244 g/mol. The highest BCUT2D eigenvalue weighted by atomic mass is 16.2. The van der Waals surface area contributed by atoms with E-state index in [4.69, 9.17) is 0 Å². The lowest BCUT2D eigenvalue weighted by molar-refractivity contribution is 0.222. The van der Waals surface area contributed by atoms with Crippen molar-refractivity contribution in [3.8, 4) is 0 Å². The molecule has 0 unspecified atom stereocenters. The zero-order chi connectivity index (χ0) is 12.5. The molecule has 1 fully saturated rings. The van der Waals surface area contributed by atoms with Gasteiger partial charge in [-0.05, 0) is 37.5 Å². The van der Waals surface area contributed by atoms with Crippen LogP contribution in [0, 0.1) is 6.92 Å². The van der Waals surface area contributed by atoms with Gasteiger partial charge in [0, 0.05) is 24.2 Å². The molecular weight excluding hydrogens is 228 g/mol. The van der Waals surface area contributed by atoms with Gasteiger partial charge in [-0.25, -0.2) is 4.79 Å². The van der Waals surface area contributed by atoms with Crippen molar-refractivity contribution in [1.82, 2.24) is 15.1 Å². The third kappa shape index (κ3) is 1.92. The Kier molecular flexibility index (Phi) is 2.66. The number of H-pyrrole nitrogens is 1. The summed E-state index contributed by atoms with van der Waals surface area (Å²) in [6.45, 7) is 3.73. The second-order valence-corrected chi connectivity index (χ2v) is 4.75. The number of amides is 2. The summed E-state index contributed by atoms with van der Waals surface area (Å²) in [5.41, 5.74) is 2.88. The number of rotatable bonds is 1. The molecule has 0 saturated carbocycles. The highest BCUT2D eigenvalue weighted by molar-refractivity contribution is 5.93. The average molecular weight is 244 g/mol. The normalized spacial score (nSPS) is 15.3. The van der Waals surface area contributed by atoms with E-state index in [2.05, 4.69) is 15.5 Å². The van der Waals surface area contributed by atoms with E-state index in [0.29, 0.717) is 0 Å². The first-order chi connectivity index (χ1) is 8.74. The van der Waals surface area contributed by atoms with E-state index in [0.717, 1.165) is 48.1 Å². The van der Waals surface area contributed by atoms with Gasteiger partial charge in [0.05, 0.1) is 11.7 Å². The predicted molar refractivity (Wildman–Crippen MR) is 70.7 cm³/mol. The summed E-state index contributed by atoms with van der Waals surface area (Å²) >= 11 is 0. The lowest BCUT2D eigenvalue weighted by Crippen LogP contribution is -2.32. The van der Waals surface area contributed by atoms with Gasteiger partial charge in [-0.15, -0.1) is 0 Å². The van der Waals surface area contributed by atoms with Crippen LogP contribution in [0.1, 0.15) is 18.4 Å². The zero-order valence-corrected chi connectivity index (χ0v) is 10.4. The number of carbonyl (C=O) groups excluding carboxylic acids is 1. The van der Waals surface area contributed by atoms with Crippen LogP contribution in [0.5, 0.6) is 0 Å². The highest BCUT2D eigenvalue weighted by Gasteiger charge is 2.18. The van der Waals surface area contributed by atoms with Crippen LogP contribution in [-0.4, -0.2) is 34.2 Å². The van der Waals surface area contributed by atoms with Crippen molar-refractivity contribution in [2.24, 2.45) is 0 Å². The van der Waals surface area contributed by atoms with Gasteiger partial charge in [0.2, 0.25) is 0 Å². The average Bonchev–Trinajstić information content (AvgIpc) is 2.99. The Morgan fingerprint density at radius 3 is 2.94 bits per heavy atom. The first-order valence-electron chi connectivity index (χ1n) is 6.24. The first-order valence-corrected chi connectivity index (χ1v) is 6.24. The van der Waals surface area contributed by atoms with Gasteiger partial charge >= 0.3 is 6.03 Å². The SMILES string of the molecule is Cc1cc(NC(=O)N2CCCC2)cc2[nH]ncc12. The van der Waals surface area contributed by atoms with Crippen LogP contribution in [0.2, 0.25) is 0 Å². The van der Waals surface area contributed by atoms with E-state index in [9.17, 15) is 4.79 Å². The van der Waals surface area contributed by atoms with Crippen LogP contribution in [-0.2, 0) is 0 Å². The quantitative estimate of drug-likeness (QED) is 0.809. The number of carbonyl (C=O) groups is 1. The van der Waals surface area contributed by atoms with Crippen LogP contribution < -0.4 is 5.32 Å². The Morgan fingerprint density at radius 1 is 1.39 bits per heavy atom. The minimum Gasteiger partial charge on any atom is -0.325 e. The van der Waals surface area contributed by atoms with E-state index >= 15 is 0 Å². The molecule has 2 amide bonds. The van der Waals surface area contributed by atoms with Gasteiger partial charge in [-0.3, -0.25) is 5.10 Å². The van der Waals surface area contributed by atoms with Gasteiger partial charge < -0.3 is 10.2 Å². The van der Waals surface area contributed by atoms with Crippen LogP contribution >= 0.6 is 0 Å². The number of aromatic amines is 1. The molecule has 2 N–H and O–H groups in total. The molecule has 5 nitrogen and oxygen atoms in total. The number of nitrogens with zero attached hydrogens (tertiary/aromatic N) is 2. The van der Waals surface area contributed by atoms with Crippen molar-refractivity contribution in [3.05, 3.63) is 23.9 Å². The maximum atomic E-state index is 12.0.